The minimum Gasteiger partial charge on any atom is -0.458 e. The topological polar surface area (TPSA) is 31.6 Å². The second-order valence-corrected chi connectivity index (χ2v) is 12.7. The molecule has 0 aliphatic carbocycles. The summed E-state index contributed by atoms with van der Waals surface area (Å²) in [6.07, 6.45) is 0. The van der Waals surface area contributed by atoms with Gasteiger partial charge in [0.2, 0.25) is 0 Å². The molecular weight excluding hydrogens is 587 g/mol. The van der Waals surface area contributed by atoms with Crippen LogP contribution in [0.3, 0.4) is 0 Å². The van der Waals surface area contributed by atoms with Crippen molar-refractivity contribution >= 4 is 66.6 Å². The van der Waals surface area contributed by atoms with Crippen molar-refractivity contribution in [1.29, 1.82) is 0 Å². The Morgan fingerprint density at radius 3 is 1.58 bits per heavy atom. The van der Waals surface area contributed by atoms with Crippen LogP contribution in [-0.2, 0) is 0 Å². The quantitative estimate of drug-likeness (QED) is 0.144. The molecule has 2 aliphatic rings. The number of benzene rings is 8. The van der Waals surface area contributed by atoms with Crippen LogP contribution in [0.1, 0.15) is 0 Å². The summed E-state index contributed by atoms with van der Waals surface area (Å²) in [6.45, 7) is 0.0122. The molecule has 3 nitrogen and oxygen atoms in total. The van der Waals surface area contributed by atoms with Crippen molar-refractivity contribution in [1.82, 2.24) is 0 Å². The van der Waals surface area contributed by atoms with E-state index in [0.29, 0.717) is 0 Å². The predicted molar refractivity (Wildman–Crippen MR) is 197 cm³/mol. The summed E-state index contributed by atoms with van der Waals surface area (Å²) in [5, 5.41) is 7.14. The molecule has 0 unspecified atom stereocenters. The van der Waals surface area contributed by atoms with Gasteiger partial charge in [-0.2, -0.15) is 0 Å². The zero-order chi connectivity index (χ0) is 31.3. The van der Waals surface area contributed by atoms with Crippen LogP contribution in [0.25, 0.3) is 65.7 Å². The molecule has 0 fully saturated rings. The molecule has 0 N–H and O–H groups in total. The molecule has 1 aromatic heterocycles. The fourth-order valence-electron chi connectivity index (χ4n) is 8.17. The standard InChI is InChI=1S/C44H25BO3/c1-3-13-31-29(11-1)42(26-20-22-37-33(24-26)28-10-5-7-16-36(28)46-37)30-12-2-4-14-32(30)43(31)27-21-23-39-35(25-27)45-34-15-6-8-17-38(34)47-40-18-9-19-41(48-39)44(40)45/h1-25H. The Bertz CT molecular complexity index is 2740. The zero-order valence-corrected chi connectivity index (χ0v) is 25.7. The van der Waals surface area contributed by atoms with E-state index in [0.717, 1.165) is 66.9 Å². The van der Waals surface area contributed by atoms with E-state index in [2.05, 4.69) is 115 Å². The average molecular weight is 612 g/mol. The van der Waals surface area contributed by atoms with Gasteiger partial charge in [0.1, 0.15) is 34.2 Å². The van der Waals surface area contributed by atoms with E-state index in [9.17, 15) is 0 Å². The van der Waals surface area contributed by atoms with Crippen LogP contribution >= 0.6 is 0 Å². The van der Waals surface area contributed by atoms with Crippen LogP contribution in [-0.4, -0.2) is 6.71 Å². The predicted octanol–water partition coefficient (Wildman–Crippen LogP) is 9.95. The highest BCUT2D eigenvalue weighted by atomic mass is 16.5. The molecular formula is C44H25BO3. The molecule has 0 bridgehead atoms. The lowest BCUT2D eigenvalue weighted by Gasteiger charge is -2.33. The Hall–Kier alpha value is -6.26. The molecule has 0 amide bonds. The Morgan fingerprint density at radius 2 is 0.875 bits per heavy atom. The first-order valence-corrected chi connectivity index (χ1v) is 16.4. The van der Waals surface area contributed by atoms with Crippen molar-refractivity contribution in [2.75, 3.05) is 0 Å². The van der Waals surface area contributed by atoms with E-state index in [1.54, 1.807) is 0 Å². The third-order valence-electron chi connectivity index (χ3n) is 10.2. The highest BCUT2D eigenvalue weighted by Crippen LogP contribution is 2.45. The van der Waals surface area contributed by atoms with Gasteiger partial charge in [-0.25, -0.2) is 0 Å². The third-order valence-corrected chi connectivity index (χ3v) is 10.2. The minimum absolute atomic E-state index is 0.0122. The maximum absolute atomic E-state index is 6.55. The molecule has 0 saturated heterocycles. The Morgan fingerprint density at radius 1 is 0.354 bits per heavy atom. The van der Waals surface area contributed by atoms with Gasteiger partial charge in [0.25, 0.3) is 6.71 Å². The maximum Gasteiger partial charge on any atom is 0.260 e. The number of hydrogen-bond donors (Lipinski definition) is 0. The third kappa shape index (κ3) is 3.54. The Balaban J connectivity index is 1.17. The van der Waals surface area contributed by atoms with E-state index in [-0.39, 0.29) is 6.71 Å². The van der Waals surface area contributed by atoms with Crippen molar-refractivity contribution in [3.8, 4) is 45.3 Å². The largest absolute Gasteiger partial charge is 0.458 e. The van der Waals surface area contributed by atoms with Gasteiger partial charge in [-0.1, -0.05) is 109 Å². The summed E-state index contributed by atoms with van der Waals surface area (Å²) in [4.78, 5) is 0. The molecule has 0 radical (unpaired) electrons. The highest BCUT2D eigenvalue weighted by molar-refractivity contribution is 6.98. The van der Waals surface area contributed by atoms with Gasteiger partial charge in [0.15, 0.2) is 0 Å². The first kappa shape index (κ1) is 25.9. The summed E-state index contributed by atoms with van der Waals surface area (Å²) in [5.74, 6) is 3.49. The number of ether oxygens (including phenoxy) is 2. The minimum atomic E-state index is 0.0122. The number of fused-ring (bicyclic) bond motifs is 9. The summed E-state index contributed by atoms with van der Waals surface area (Å²) in [5.41, 5.74) is 10.0. The molecule has 11 rings (SSSR count). The van der Waals surface area contributed by atoms with Gasteiger partial charge < -0.3 is 13.9 Å². The maximum atomic E-state index is 6.55. The molecule has 0 saturated carbocycles. The van der Waals surface area contributed by atoms with Gasteiger partial charge in [-0.15, -0.1) is 0 Å². The zero-order valence-electron chi connectivity index (χ0n) is 25.7. The molecule has 4 heteroatoms. The SMILES string of the molecule is c1ccc2c(c1)Oc1cccc3c1B2c1cc(-c2c4ccccc4c(-c4ccc5oc6ccccc6c5c4)c4ccccc24)ccc1O3. The molecule has 0 spiro atoms. The van der Waals surface area contributed by atoms with Gasteiger partial charge in [0, 0.05) is 16.2 Å². The fourth-order valence-corrected chi connectivity index (χ4v) is 8.17. The van der Waals surface area contributed by atoms with Crippen LogP contribution in [0, 0.1) is 0 Å². The van der Waals surface area contributed by atoms with Crippen molar-refractivity contribution in [3.63, 3.8) is 0 Å². The lowest BCUT2D eigenvalue weighted by Crippen LogP contribution is -2.57. The number of hydrogen-bond acceptors (Lipinski definition) is 3. The Labute approximate surface area is 276 Å². The average Bonchev–Trinajstić information content (AvgIpc) is 3.51. The molecule has 48 heavy (non-hydrogen) atoms. The number of rotatable bonds is 2. The van der Waals surface area contributed by atoms with E-state index in [1.807, 2.05) is 36.4 Å². The lowest BCUT2D eigenvalue weighted by atomic mass is 9.35. The van der Waals surface area contributed by atoms with Crippen molar-refractivity contribution in [3.05, 3.63) is 152 Å². The first-order valence-electron chi connectivity index (χ1n) is 16.4. The van der Waals surface area contributed by atoms with Gasteiger partial charge in [-0.05, 0) is 97.2 Å². The first-order chi connectivity index (χ1) is 23.8. The van der Waals surface area contributed by atoms with Crippen LogP contribution in [0.4, 0.5) is 0 Å². The number of furan rings is 1. The number of para-hydroxylation sites is 2. The van der Waals surface area contributed by atoms with Crippen molar-refractivity contribution in [2.45, 2.75) is 0 Å². The smallest absolute Gasteiger partial charge is 0.260 e. The van der Waals surface area contributed by atoms with Gasteiger partial charge in [0.05, 0.1) is 0 Å². The fraction of sp³-hybridized carbons (Fsp3) is 0. The van der Waals surface area contributed by atoms with E-state index >= 15 is 0 Å². The van der Waals surface area contributed by atoms with Gasteiger partial charge in [-0.3, -0.25) is 0 Å². The second-order valence-electron chi connectivity index (χ2n) is 12.7. The molecule has 3 heterocycles. The second kappa shape index (κ2) is 9.63. The molecule has 8 aromatic carbocycles. The molecule has 222 valence electrons. The van der Waals surface area contributed by atoms with Gasteiger partial charge >= 0.3 is 0 Å². The molecule has 9 aromatic rings. The van der Waals surface area contributed by atoms with E-state index in [1.165, 1.54) is 38.2 Å². The van der Waals surface area contributed by atoms with Crippen LogP contribution in [0.15, 0.2) is 156 Å². The normalized spacial score (nSPS) is 12.9. The summed E-state index contributed by atoms with van der Waals surface area (Å²) < 4.78 is 19.1. The lowest BCUT2D eigenvalue weighted by molar-refractivity contribution is 0.464. The van der Waals surface area contributed by atoms with Crippen LogP contribution in [0.2, 0.25) is 0 Å². The van der Waals surface area contributed by atoms with E-state index in [4.69, 9.17) is 13.9 Å². The van der Waals surface area contributed by atoms with Crippen molar-refractivity contribution in [2.24, 2.45) is 0 Å². The highest BCUT2D eigenvalue weighted by Gasteiger charge is 2.40. The summed E-state index contributed by atoms with van der Waals surface area (Å²) in [6, 6.07) is 53.7. The van der Waals surface area contributed by atoms with Crippen molar-refractivity contribution < 1.29 is 13.9 Å². The summed E-state index contributed by atoms with van der Waals surface area (Å²) in [7, 11) is 0. The monoisotopic (exact) mass is 612 g/mol. The summed E-state index contributed by atoms with van der Waals surface area (Å²) >= 11 is 0. The van der Waals surface area contributed by atoms with Crippen LogP contribution in [0.5, 0.6) is 23.0 Å². The molecule has 2 aliphatic heterocycles. The van der Waals surface area contributed by atoms with Crippen LogP contribution < -0.4 is 25.9 Å². The van der Waals surface area contributed by atoms with E-state index < -0.39 is 0 Å². The molecule has 0 atom stereocenters. The Kier molecular flexibility index (Phi) is 5.19.